The highest BCUT2D eigenvalue weighted by atomic mass is 35.7. The molecule has 0 saturated heterocycles. The highest BCUT2D eigenvalue weighted by Crippen LogP contribution is 2.21. The maximum Gasteiger partial charge on any atom is 0.315 e. The lowest BCUT2D eigenvalue weighted by molar-refractivity contribution is -0.126. The van der Waals surface area contributed by atoms with Gasteiger partial charge in [0.1, 0.15) is 5.82 Å². The Morgan fingerprint density at radius 1 is 1.35 bits per heavy atom. The van der Waals surface area contributed by atoms with Gasteiger partial charge in [0, 0.05) is 10.7 Å². The van der Waals surface area contributed by atoms with Crippen molar-refractivity contribution in [1.29, 1.82) is 0 Å². The van der Waals surface area contributed by atoms with E-state index in [-0.39, 0.29) is 0 Å². The minimum atomic E-state index is -4.12. The van der Waals surface area contributed by atoms with Gasteiger partial charge in [-0.3, -0.25) is 4.79 Å². The summed E-state index contributed by atoms with van der Waals surface area (Å²) in [6.07, 6.45) is -3.30. The molecule has 1 amide bonds. The molecule has 0 atom stereocenters. The number of amides is 1. The van der Waals surface area contributed by atoms with Gasteiger partial charge < -0.3 is 5.32 Å². The van der Waals surface area contributed by atoms with E-state index in [1.165, 1.54) is 0 Å². The van der Waals surface area contributed by atoms with Gasteiger partial charge in [-0.1, -0.05) is 0 Å². The van der Waals surface area contributed by atoms with Crippen molar-refractivity contribution in [1.82, 2.24) is 0 Å². The van der Waals surface area contributed by atoms with Crippen LogP contribution in [0, 0.1) is 5.82 Å². The van der Waals surface area contributed by atoms with E-state index >= 15 is 0 Å². The third kappa shape index (κ3) is 3.60. The second-order valence-electron chi connectivity index (χ2n) is 2.87. The largest absolute Gasteiger partial charge is 0.319 e. The molecule has 4 nitrogen and oxygen atoms in total. The summed E-state index contributed by atoms with van der Waals surface area (Å²) in [4.78, 5) is 10.0. The zero-order chi connectivity index (χ0) is 13.2. The van der Waals surface area contributed by atoms with Crippen molar-refractivity contribution >= 4 is 31.3 Å². The third-order valence-electron chi connectivity index (χ3n) is 1.68. The monoisotopic (exact) mass is 287 g/mol. The van der Waals surface area contributed by atoms with Crippen LogP contribution in [-0.2, 0) is 13.8 Å². The SMILES string of the molecule is O=C(Nc1ccc(S(=O)(=O)Cl)cc1F)C(F)F. The van der Waals surface area contributed by atoms with E-state index in [0.29, 0.717) is 6.07 Å². The van der Waals surface area contributed by atoms with E-state index in [9.17, 15) is 26.4 Å². The lowest BCUT2D eigenvalue weighted by Gasteiger charge is -2.06. The second kappa shape index (κ2) is 4.92. The number of carbonyl (C=O) groups excluding carboxylic acids is 1. The van der Waals surface area contributed by atoms with Crippen molar-refractivity contribution in [2.45, 2.75) is 11.3 Å². The van der Waals surface area contributed by atoms with Crippen LogP contribution in [-0.4, -0.2) is 20.8 Å². The lowest BCUT2D eigenvalue weighted by atomic mass is 10.3. The third-order valence-corrected chi connectivity index (χ3v) is 3.03. The standard InChI is InChI=1S/C8H5ClF3NO3S/c9-17(15,16)4-1-2-6(5(10)3-4)13-8(14)7(11)12/h1-3,7H,(H,13,14). The summed E-state index contributed by atoms with van der Waals surface area (Å²) in [5, 5.41) is 1.59. The van der Waals surface area contributed by atoms with Crippen LogP contribution in [0.1, 0.15) is 0 Å². The van der Waals surface area contributed by atoms with Gasteiger partial charge in [-0.25, -0.2) is 12.8 Å². The van der Waals surface area contributed by atoms with Gasteiger partial charge in [-0.15, -0.1) is 0 Å². The summed E-state index contributed by atoms with van der Waals surface area (Å²) < 4.78 is 58.6. The first-order valence-corrected chi connectivity index (χ1v) is 6.36. The minimum absolute atomic E-state index is 0.517. The van der Waals surface area contributed by atoms with Crippen LogP contribution in [0.5, 0.6) is 0 Å². The number of halogens is 4. The average Bonchev–Trinajstić information content (AvgIpc) is 2.19. The van der Waals surface area contributed by atoms with Gasteiger partial charge in [0.2, 0.25) is 0 Å². The molecular weight excluding hydrogens is 283 g/mol. The van der Waals surface area contributed by atoms with Crippen molar-refractivity contribution in [2.75, 3.05) is 5.32 Å². The fraction of sp³-hybridized carbons (Fsp3) is 0.125. The Hall–Kier alpha value is -1.28. The Labute approximate surface area is 98.8 Å². The molecule has 1 aromatic rings. The van der Waals surface area contributed by atoms with E-state index in [2.05, 4.69) is 0 Å². The number of nitrogens with one attached hydrogen (secondary N) is 1. The number of hydrogen-bond acceptors (Lipinski definition) is 3. The number of hydrogen-bond donors (Lipinski definition) is 1. The molecule has 17 heavy (non-hydrogen) atoms. The van der Waals surface area contributed by atoms with Crippen molar-refractivity contribution < 1.29 is 26.4 Å². The maximum atomic E-state index is 13.2. The molecule has 9 heteroatoms. The number of carbonyl (C=O) groups is 1. The fourth-order valence-electron chi connectivity index (χ4n) is 0.936. The smallest absolute Gasteiger partial charge is 0.315 e. The van der Waals surface area contributed by atoms with E-state index < -0.39 is 37.8 Å². The zero-order valence-corrected chi connectivity index (χ0v) is 9.53. The Bertz CT molecular complexity index is 547. The van der Waals surface area contributed by atoms with Gasteiger partial charge in [-0.05, 0) is 18.2 Å². The molecule has 0 radical (unpaired) electrons. The summed E-state index contributed by atoms with van der Waals surface area (Å²) in [6, 6.07) is 2.22. The van der Waals surface area contributed by atoms with Crippen molar-refractivity contribution in [3.8, 4) is 0 Å². The Morgan fingerprint density at radius 3 is 2.35 bits per heavy atom. The summed E-state index contributed by atoms with van der Waals surface area (Å²) in [5.74, 6) is -2.87. The number of anilines is 1. The summed E-state index contributed by atoms with van der Waals surface area (Å²) in [7, 11) is 0.822. The van der Waals surface area contributed by atoms with Gasteiger partial charge in [0.25, 0.3) is 15.0 Å². The first-order chi connectivity index (χ1) is 7.71. The lowest BCUT2D eigenvalue weighted by Crippen LogP contribution is -2.20. The number of benzene rings is 1. The molecule has 1 aromatic carbocycles. The number of alkyl halides is 2. The Kier molecular flexibility index (Phi) is 3.99. The van der Waals surface area contributed by atoms with E-state index in [4.69, 9.17) is 10.7 Å². The van der Waals surface area contributed by atoms with Crippen molar-refractivity contribution in [3.63, 3.8) is 0 Å². The Balaban J connectivity index is 3.03. The molecule has 0 aliphatic rings. The molecule has 0 aromatic heterocycles. The van der Waals surface area contributed by atoms with Gasteiger partial charge in [-0.2, -0.15) is 8.78 Å². The van der Waals surface area contributed by atoms with Crippen LogP contribution < -0.4 is 5.32 Å². The molecule has 0 fully saturated rings. The fourth-order valence-corrected chi connectivity index (χ4v) is 1.70. The van der Waals surface area contributed by atoms with Crippen molar-refractivity contribution in [2.24, 2.45) is 0 Å². The molecule has 94 valence electrons. The first-order valence-electron chi connectivity index (χ1n) is 4.05. The summed E-state index contributed by atoms with van der Waals surface area (Å²) >= 11 is 0. The predicted molar refractivity (Wildman–Crippen MR) is 54.1 cm³/mol. The molecule has 1 N–H and O–H groups in total. The topological polar surface area (TPSA) is 63.2 Å². The highest BCUT2D eigenvalue weighted by molar-refractivity contribution is 8.13. The van der Waals surface area contributed by atoms with Crippen molar-refractivity contribution in [3.05, 3.63) is 24.0 Å². The second-order valence-corrected chi connectivity index (χ2v) is 5.44. The molecule has 0 saturated carbocycles. The molecule has 0 bridgehead atoms. The van der Waals surface area contributed by atoms with E-state index in [1.54, 1.807) is 5.32 Å². The van der Waals surface area contributed by atoms with Crippen LogP contribution >= 0.6 is 10.7 Å². The van der Waals surface area contributed by atoms with Crippen LogP contribution in [0.2, 0.25) is 0 Å². The molecule has 1 rings (SSSR count). The molecule has 0 aliphatic heterocycles. The molecule has 0 unspecified atom stereocenters. The average molecular weight is 288 g/mol. The van der Waals surface area contributed by atoms with E-state index in [0.717, 1.165) is 12.1 Å². The normalized spacial score (nSPS) is 11.6. The maximum absolute atomic E-state index is 13.2. The summed E-state index contributed by atoms with van der Waals surface area (Å²) in [5.41, 5.74) is -0.556. The molecule has 0 heterocycles. The van der Waals surface area contributed by atoms with Gasteiger partial charge in [0.15, 0.2) is 0 Å². The molecule has 0 aliphatic carbocycles. The minimum Gasteiger partial charge on any atom is -0.319 e. The Morgan fingerprint density at radius 2 is 1.94 bits per heavy atom. The van der Waals surface area contributed by atoms with Gasteiger partial charge >= 0.3 is 6.43 Å². The van der Waals surface area contributed by atoms with Gasteiger partial charge in [0.05, 0.1) is 10.6 Å². The zero-order valence-electron chi connectivity index (χ0n) is 7.95. The predicted octanol–water partition coefficient (Wildman–Crippen LogP) is 1.96. The molecule has 0 spiro atoms. The van der Waals surface area contributed by atoms with Crippen LogP contribution in [0.4, 0.5) is 18.9 Å². The summed E-state index contributed by atoms with van der Waals surface area (Å²) in [6.45, 7) is 0. The van der Waals surface area contributed by atoms with E-state index in [1.807, 2.05) is 0 Å². The quantitative estimate of drug-likeness (QED) is 0.864. The molecular formula is C8H5ClF3NO3S. The number of rotatable bonds is 3. The first kappa shape index (κ1) is 13.8. The van der Waals surface area contributed by atoms with Crippen LogP contribution in [0.3, 0.4) is 0 Å². The highest BCUT2D eigenvalue weighted by Gasteiger charge is 2.18. The van der Waals surface area contributed by atoms with Crippen LogP contribution in [0.15, 0.2) is 23.1 Å². The van der Waals surface area contributed by atoms with Crippen LogP contribution in [0.25, 0.3) is 0 Å².